The van der Waals surface area contributed by atoms with Crippen LogP contribution in [0.1, 0.15) is 91.3 Å². The van der Waals surface area contributed by atoms with Crippen molar-refractivity contribution in [2.24, 2.45) is 5.41 Å². The Kier molecular flexibility index (Phi) is 13.6. The van der Waals surface area contributed by atoms with E-state index in [4.69, 9.17) is 13.9 Å². The first-order valence-corrected chi connectivity index (χ1v) is 20.7. The molecule has 45 heavy (non-hydrogen) atoms. The number of sulfone groups is 1. The minimum Gasteiger partial charge on any atom is -0.463 e. The summed E-state index contributed by atoms with van der Waals surface area (Å²) in [5.74, 6) is -0.601. The van der Waals surface area contributed by atoms with E-state index in [1.807, 2.05) is 82.3 Å². The lowest BCUT2D eigenvalue weighted by Gasteiger charge is -2.36. The molecule has 0 fully saturated rings. The Morgan fingerprint density at radius 3 is 2.11 bits per heavy atom. The molecule has 0 bridgehead atoms. The quantitative estimate of drug-likeness (QED) is 0.126. The van der Waals surface area contributed by atoms with Gasteiger partial charge in [0.05, 0.1) is 16.9 Å². The highest BCUT2D eigenvalue weighted by Gasteiger charge is 2.39. The summed E-state index contributed by atoms with van der Waals surface area (Å²) < 4.78 is 43.6. The van der Waals surface area contributed by atoms with Crippen LogP contribution in [0, 0.1) is 5.41 Å². The molecule has 2 rings (SSSR count). The van der Waals surface area contributed by atoms with E-state index in [1.165, 1.54) is 6.92 Å². The van der Waals surface area contributed by atoms with Crippen molar-refractivity contribution in [3.63, 3.8) is 0 Å². The van der Waals surface area contributed by atoms with Gasteiger partial charge < -0.3 is 13.9 Å². The zero-order chi connectivity index (χ0) is 34.1. The molecular weight excluding hydrogens is 605 g/mol. The standard InChI is InChI=1S/C36H56O7SSi/c1-28(43-29(2)37)24-31-18-14-19-32(25-31)36(8,33(38)41-26-30-16-12-11-13-17-30)21-15-20-35(6,7)27-44(39,40)23-22-42-45(9,10)34(3,4)5/h11-14,16-19,25,28H,15,20-24,26-27H2,1-10H3/t28-,36+/m0/s1. The lowest BCUT2D eigenvalue weighted by molar-refractivity contribution is -0.152. The smallest absolute Gasteiger partial charge is 0.316 e. The number of ether oxygens (including phenoxy) is 2. The predicted molar refractivity (Wildman–Crippen MR) is 184 cm³/mol. The van der Waals surface area contributed by atoms with Crippen LogP contribution < -0.4 is 0 Å². The minimum atomic E-state index is -3.34. The van der Waals surface area contributed by atoms with Gasteiger partial charge >= 0.3 is 11.9 Å². The molecule has 0 aliphatic carbocycles. The molecule has 0 unspecified atom stereocenters. The summed E-state index contributed by atoms with van der Waals surface area (Å²) in [7, 11) is -5.36. The topological polar surface area (TPSA) is 96.0 Å². The zero-order valence-electron chi connectivity index (χ0n) is 29.2. The monoisotopic (exact) mass is 660 g/mol. The van der Waals surface area contributed by atoms with Crippen LogP contribution >= 0.6 is 0 Å². The average molecular weight is 661 g/mol. The van der Waals surface area contributed by atoms with Crippen molar-refractivity contribution in [3.8, 4) is 0 Å². The normalized spacial score (nSPS) is 14.8. The fourth-order valence-electron chi connectivity index (χ4n) is 5.25. The third-order valence-corrected chi connectivity index (χ3v) is 15.5. The first-order valence-electron chi connectivity index (χ1n) is 16.0. The van der Waals surface area contributed by atoms with Gasteiger partial charge in [-0.2, -0.15) is 0 Å². The fraction of sp³-hybridized carbons (Fsp3) is 0.611. The van der Waals surface area contributed by atoms with Crippen LogP contribution in [0.5, 0.6) is 0 Å². The third kappa shape index (κ3) is 12.7. The van der Waals surface area contributed by atoms with Crippen molar-refractivity contribution in [1.29, 1.82) is 0 Å². The second kappa shape index (κ2) is 15.9. The molecular formula is C36H56O7SSi. The maximum absolute atomic E-state index is 13.8. The van der Waals surface area contributed by atoms with Gasteiger partial charge in [-0.1, -0.05) is 95.6 Å². The highest BCUT2D eigenvalue weighted by atomic mass is 32.2. The molecule has 0 saturated heterocycles. The zero-order valence-corrected chi connectivity index (χ0v) is 31.0. The Balaban J connectivity index is 2.17. The molecule has 0 amide bonds. The van der Waals surface area contributed by atoms with E-state index >= 15 is 0 Å². The van der Waals surface area contributed by atoms with E-state index in [0.29, 0.717) is 25.7 Å². The number of benzene rings is 2. The van der Waals surface area contributed by atoms with Gasteiger partial charge in [-0.05, 0) is 66.9 Å². The molecule has 0 radical (unpaired) electrons. The number of esters is 2. The number of hydrogen-bond acceptors (Lipinski definition) is 7. The van der Waals surface area contributed by atoms with Crippen molar-refractivity contribution >= 4 is 30.1 Å². The summed E-state index contributed by atoms with van der Waals surface area (Å²) in [4.78, 5) is 25.2. The van der Waals surface area contributed by atoms with E-state index in [0.717, 1.165) is 16.7 Å². The molecule has 0 aromatic heterocycles. The summed E-state index contributed by atoms with van der Waals surface area (Å²) in [6.45, 7) is 20.1. The van der Waals surface area contributed by atoms with Crippen LogP contribution in [-0.4, -0.2) is 52.9 Å². The van der Waals surface area contributed by atoms with Gasteiger partial charge in [-0.3, -0.25) is 9.59 Å². The summed E-state index contributed by atoms with van der Waals surface area (Å²) in [6.07, 6.45) is 1.96. The van der Waals surface area contributed by atoms with Crippen LogP contribution in [0.4, 0.5) is 0 Å². The molecule has 0 saturated carbocycles. The summed E-state index contributed by atoms with van der Waals surface area (Å²) >= 11 is 0. The van der Waals surface area contributed by atoms with Crippen LogP contribution in [0.15, 0.2) is 54.6 Å². The van der Waals surface area contributed by atoms with Gasteiger partial charge in [0.15, 0.2) is 18.2 Å². The van der Waals surface area contributed by atoms with E-state index in [9.17, 15) is 18.0 Å². The van der Waals surface area contributed by atoms with E-state index in [1.54, 1.807) is 0 Å². The minimum absolute atomic E-state index is 0.00498. The second-order valence-electron chi connectivity index (χ2n) is 14.9. The van der Waals surface area contributed by atoms with Crippen LogP contribution in [0.3, 0.4) is 0 Å². The molecule has 0 aliphatic heterocycles. The Bertz CT molecular complexity index is 1360. The fourth-order valence-corrected chi connectivity index (χ4v) is 8.26. The maximum Gasteiger partial charge on any atom is 0.316 e. The number of carbonyl (C=O) groups excluding carboxylic acids is 2. The number of carbonyl (C=O) groups is 2. The van der Waals surface area contributed by atoms with Crippen molar-refractivity contribution < 1.29 is 31.9 Å². The van der Waals surface area contributed by atoms with Gasteiger partial charge in [-0.25, -0.2) is 8.42 Å². The Hall–Kier alpha value is -2.49. The van der Waals surface area contributed by atoms with Crippen molar-refractivity contribution in [1.82, 2.24) is 0 Å². The molecule has 0 spiro atoms. The van der Waals surface area contributed by atoms with Crippen molar-refractivity contribution in [3.05, 3.63) is 71.3 Å². The molecule has 2 aromatic carbocycles. The van der Waals surface area contributed by atoms with Gasteiger partial charge in [0.2, 0.25) is 0 Å². The first-order chi connectivity index (χ1) is 20.7. The van der Waals surface area contributed by atoms with Crippen molar-refractivity contribution in [2.45, 2.75) is 117 Å². The molecule has 0 heterocycles. The van der Waals surface area contributed by atoms with Gasteiger partial charge in [-0.15, -0.1) is 0 Å². The Morgan fingerprint density at radius 2 is 1.51 bits per heavy atom. The maximum atomic E-state index is 13.8. The Labute approximate surface area is 273 Å². The molecule has 0 aliphatic rings. The number of rotatable bonds is 17. The largest absolute Gasteiger partial charge is 0.463 e. The van der Waals surface area contributed by atoms with Crippen molar-refractivity contribution in [2.75, 3.05) is 18.1 Å². The van der Waals surface area contributed by atoms with Gasteiger partial charge in [0, 0.05) is 20.0 Å². The lowest BCUT2D eigenvalue weighted by atomic mass is 9.75. The lowest BCUT2D eigenvalue weighted by Crippen LogP contribution is -2.42. The molecule has 7 nitrogen and oxygen atoms in total. The summed E-state index contributed by atoms with van der Waals surface area (Å²) in [6, 6.07) is 17.4. The Morgan fingerprint density at radius 1 is 0.889 bits per heavy atom. The molecule has 2 atom stereocenters. The highest BCUT2D eigenvalue weighted by Crippen LogP contribution is 2.37. The SMILES string of the molecule is CC(=O)O[C@@H](C)Cc1cccc([C@@](C)(CCCC(C)(C)CS(=O)(=O)CCO[Si](C)(C)C(C)(C)C)C(=O)OCc2ccccc2)c1. The predicted octanol–water partition coefficient (Wildman–Crippen LogP) is 7.81. The molecule has 2 aromatic rings. The summed E-state index contributed by atoms with van der Waals surface area (Å²) in [5.41, 5.74) is 1.24. The average Bonchev–Trinajstić information content (AvgIpc) is 2.90. The van der Waals surface area contributed by atoms with Gasteiger partial charge in [0.1, 0.15) is 12.7 Å². The first kappa shape index (κ1) is 38.7. The van der Waals surface area contributed by atoms with Crippen LogP contribution in [0.25, 0.3) is 0 Å². The van der Waals surface area contributed by atoms with Gasteiger partial charge in [0.25, 0.3) is 0 Å². The van der Waals surface area contributed by atoms with E-state index in [2.05, 4.69) is 33.9 Å². The number of hydrogen-bond donors (Lipinski definition) is 0. The van der Waals surface area contributed by atoms with E-state index in [-0.39, 0.29) is 47.8 Å². The molecule has 252 valence electrons. The van der Waals surface area contributed by atoms with Crippen LogP contribution in [0.2, 0.25) is 18.1 Å². The van der Waals surface area contributed by atoms with E-state index < -0.39 is 29.0 Å². The van der Waals surface area contributed by atoms with Crippen LogP contribution in [-0.2, 0) is 51.8 Å². The molecule has 0 N–H and O–H groups in total. The summed E-state index contributed by atoms with van der Waals surface area (Å²) in [5, 5.41) is 0.0189. The second-order valence-corrected chi connectivity index (χ2v) is 21.9. The third-order valence-electron chi connectivity index (χ3n) is 8.92. The molecule has 9 heteroatoms. The highest BCUT2D eigenvalue weighted by molar-refractivity contribution is 7.91.